The van der Waals surface area contributed by atoms with E-state index in [0.717, 1.165) is 5.39 Å². The molecule has 0 bridgehead atoms. The maximum atomic E-state index is 14.7. The molecule has 3 N–H and O–H groups in total. The van der Waals surface area contributed by atoms with E-state index in [2.05, 4.69) is 27.2 Å². The second-order valence-electron chi connectivity index (χ2n) is 8.48. The summed E-state index contributed by atoms with van der Waals surface area (Å²) in [5.41, 5.74) is 1.20. The van der Waals surface area contributed by atoms with Crippen LogP contribution in [0.1, 0.15) is 5.56 Å². The van der Waals surface area contributed by atoms with Crippen LogP contribution in [0.3, 0.4) is 0 Å². The number of anilines is 2. The molecule has 36 heavy (non-hydrogen) atoms. The van der Waals surface area contributed by atoms with E-state index < -0.39 is 18.0 Å². The van der Waals surface area contributed by atoms with Crippen molar-refractivity contribution in [2.24, 2.45) is 0 Å². The van der Waals surface area contributed by atoms with Crippen LogP contribution in [0.15, 0.2) is 47.5 Å². The standard InChI is InChI=1S/C24H25FN6O5/c1-14-13-35-23-22(28-14)29-19(11-27-23)31-12-16(36-24(31)34)10-26-7-6-17-18(25)4-2-15-3-5-20(33)30(8-9-32)21(15)17/h2-5,11,16,26,32H,1,6-10,12-13H2,(H,28,29)/t16-/m0/s1. The number of nitrogens with zero attached hydrogens (tertiary/aromatic N) is 4. The number of cyclic esters (lactones) is 1. The summed E-state index contributed by atoms with van der Waals surface area (Å²) in [5, 5.41) is 16.3. The minimum atomic E-state index is -0.542. The Kier molecular flexibility index (Phi) is 6.53. The molecule has 1 atom stereocenters. The lowest BCUT2D eigenvalue weighted by Gasteiger charge is -2.20. The number of halogens is 1. The normalized spacial score (nSPS) is 17.1. The average molecular weight is 496 g/mol. The van der Waals surface area contributed by atoms with Gasteiger partial charge < -0.3 is 29.8 Å². The first-order valence-electron chi connectivity index (χ1n) is 11.5. The summed E-state index contributed by atoms with van der Waals surface area (Å²) in [4.78, 5) is 34.7. The van der Waals surface area contributed by atoms with Crippen LogP contribution in [-0.4, -0.2) is 64.7 Å². The number of rotatable bonds is 8. The van der Waals surface area contributed by atoms with Gasteiger partial charge in [-0.05, 0) is 36.6 Å². The molecule has 4 heterocycles. The molecule has 2 aliphatic heterocycles. The number of aliphatic hydroxyl groups excluding tert-OH is 1. The minimum absolute atomic E-state index is 0.0786. The quantitative estimate of drug-likeness (QED) is 0.396. The second kappa shape index (κ2) is 9.91. The minimum Gasteiger partial charge on any atom is -0.469 e. The molecule has 0 radical (unpaired) electrons. The van der Waals surface area contributed by atoms with E-state index in [1.54, 1.807) is 12.1 Å². The third-order valence-electron chi connectivity index (χ3n) is 6.00. The Morgan fingerprint density at radius 1 is 1.28 bits per heavy atom. The highest BCUT2D eigenvalue weighted by Crippen LogP contribution is 2.29. The van der Waals surface area contributed by atoms with Gasteiger partial charge in [0.2, 0.25) is 0 Å². The number of amides is 1. The molecule has 1 amide bonds. The molecule has 1 aromatic carbocycles. The number of benzene rings is 1. The maximum absolute atomic E-state index is 14.7. The third-order valence-corrected chi connectivity index (χ3v) is 6.00. The molecular formula is C24H25FN6O5. The number of nitrogens with one attached hydrogen (secondary N) is 2. The summed E-state index contributed by atoms with van der Waals surface area (Å²) in [6.07, 6.45) is 0.758. The lowest BCUT2D eigenvalue weighted by atomic mass is 10.1. The Hall–Kier alpha value is -4.03. The van der Waals surface area contributed by atoms with E-state index in [0.29, 0.717) is 60.4 Å². The molecular weight excluding hydrogens is 471 g/mol. The van der Waals surface area contributed by atoms with Crippen LogP contribution in [-0.2, 0) is 17.7 Å². The van der Waals surface area contributed by atoms with Gasteiger partial charge in [0.25, 0.3) is 11.4 Å². The predicted octanol–water partition coefficient (Wildman–Crippen LogP) is 1.40. The van der Waals surface area contributed by atoms with Crippen molar-refractivity contribution in [2.45, 2.75) is 19.1 Å². The van der Waals surface area contributed by atoms with Crippen molar-refractivity contribution >= 4 is 28.6 Å². The molecule has 1 fully saturated rings. The number of pyridine rings is 1. The van der Waals surface area contributed by atoms with Gasteiger partial charge in [-0.2, -0.15) is 0 Å². The van der Waals surface area contributed by atoms with Crippen molar-refractivity contribution in [1.82, 2.24) is 19.9 Å². The molecule has 11 nitrogen and oxygen atoms in total. The van der Waals surface area contributed by atoms with Crippen molar-refractivity contribution in [1.29, 1.82) is 0 Å². The van der Waals surface area contributed by atoms with Crippen molar-refractivity contribution in [2.75, 3.05) is 43.1 Å². The zero-order valence-corrected chi connectivity index (χ0v) is 19.4. The van der Waals surface area contributed by atoms with Crippen LogP contribution in [0.4, 0.5) is 20.8 Å². The maximum Gasteiger partial charge on any atom is 0.416 e. The number of aromatic nitrogens is 3. The predicted molar refractivity (Wildman–Crippen MR) is 130 cm³/mol. The van der Waals surface area contributed by atoms with E-state index in [1.165, 1.54) is 27.8 Å². The fourth-order valence-electron chi connectivity index (χ4n) is 4.34. The first kappa shape index (κ1) is 23.7. The summed E-state index contributed by atoms with van der Waals surface area (Å²) in [6.45, 7) is 4.93. The van der Waals surface area contributed by atoms with Crippen LogP contribution < -0.4 is 25.8 Å². The summed E-state index contributed by atoms with van der Waals surface area (Å²) in [7, 11) is 0. The smallest absolute Gasteiger partial charge is 0.416 e. The summed E-state index contributed by atoms with van der Waals surface area (Å²) >= 11 is 0. The van der Waals surface area contributed by atoms with E-state index in [1.807, 2.05) is 0 Å². The van der Waals surface area contributed by atoms with E-state index in [4.69, 9.17) is 9.47 Å². The van der Waals surface area contributed by atoms with E-state index in [9.17, 15) is 19.1 Å². The van der Waals surface area contributed by atoms with Gasteiger partial charge >= 0.3 is 6.09 Å². The van der Waals surface area contributed by atoms with Crippen LogP contribution >= 0.6 is 0 Å². The van der Waals surface area contributed by atoms with Crippen LogP contribution in [0.5, 0.6) is 5.88 Å². The Labute approximate surface area is 205 Å². The lowest BCUT2D eigenvalue weighted by molar-refractivity contribution is 0.140. The van der Waals surface area contributed by atoms with E-state index >= 15 is 0 Å². The highest BCUT2D eigenvalue weighted by molar-refractivity contribution is 5.88. The van der Waals surface area contributed by atoms with Crippen molar-refractivity contribution in [3.63, 3.8) is 0 Å². The molecule has 188 valence electrons. The Morgan fingerprint density at radius 2 is 2.11 bits per heavy atom. The number of aliphatic hydroxyl groups is 1. The van der Waals surface area contributed by atoms with Gasteiger partial charge in [0.1, 0.15) is 18.5 Å². The number of carbonyl (C=O) groups is 1. The average Bonchev–Trinajstić information content (AvgIpc) is 3.24. The highest BCUT2D eigenvalue weighted by Gasteiger charge is 2.34. The Morgan fingerprint density at radius 3 is 2.94 bits per heavy atom. The number of fused-ring (bicyclic) bond motifs is 2. The Bertz CT molecular complexity index is 1390. The molecule has 5 rings (SSSR count). The van der Waals surface area contributed by atoms with Gasteiger partial charge in [-0.25, -0.2) is 19.2 Å². The summed E-state index contributed by atoms with van der Waals surface area (Å²) < 4.78 is 27.0. The molecule has 3 aromatic rings. The largest absolute Gasteiger partial charge is 0.469 e. The van der Waals surface area contributed by atoms with E-state index in [-0.39, 0.29) is 25.3 Å². The molecule has 0 spiro atoms. The van der Waals surface area contributed by atoms with Crippen molar-refractivity contribution in [3.05, 3.63) is 64.5 Å². The zero-order chi connectivity index (χ0) is 25.2. The molecule has 12 heteroatoms. The topological polar surface area (TPSA) is 131 Å². The summed E-state index contributed by atoms with van der Waals surface area (Å²) in [5.74, 6) is 0.620. The van der Waals surface area contributed by atoms with Crippen molar-refractivity contribution in [3.8, 4) is 5.88 Å². The number of hydrogen-bond acceptors (Lipinski definition) is 9. The SMILES string of the molecule is C=C1COc2ncc(N3C[C@H](CNCCc4c(F)ccc5ccc(=O)n(CCO)c45)OC3=O)nc2N1. The van der Waals surface area contributed by atoms with Gasteiger partial charge in [-0.15, -0.1) is 0 Å². The van der Waals surface area contributed by atoms with Gasteiger partial charge in [-0.1, -0.05) is 6.58 Å². The van der Waals surface area contributed by atoms with Gasteiger partial charge in [0.15, 0.2) is 11.6 Å². The van der Waals surface area contributed by atoms with Crippen molar-refractivity contribution < 1.29 is 23.8 Å². The highest BCUT2D eigenvalue weighted by atomic mass is 19.1. The van der Waals surface area contributed by atoms with Crippen LogP contribution in [0.2, 0.25) is 0 Å². The first-order chi connectivity index (χ1) is 17.4. The molecule has 0 aliphatic carbocycles. The molecule has 2 aromatic heterocycles. The molecule has 0 saturated carbocycles. The third kappa shape index (κ3) is 4.60. The lowest BCUT2D eigenvalue weighted by Crippen LogP contribution is -2.32. The number of ether oxygens (including phenoxy) is 2. The van der Waals surface area contributed by atoms with Gasteiger partial charge in [-0.3, -0.25) is 9.69 Å². The van der Waals surface area contributed by atoms with Crippen LogP contribution in [0.25, 0.3) is 10.9 Å². The van der Waals surface area contributed by atoms with Gasteiger partial charge in [0, 0.05) is 30.4 Å². The second-order valence-corrected chi connectivity index (χ2v) is 8.48. The number of hydrogen-bond donors (Lipinski definition) is 3. The first-order valence-corrected chi connectivity index (χ1v) is 11.5. The number of carbonyl (C=O) groups excluding carboxylic acids is 1. The zero-order valence-electron chi connectivity index (χ0n) is 19.4. The fraction of sp³-hybridized carbons (Fsp3) is 0.333. The molecule has 2 aliphatic rings. The molecule has 1 saturated heterocycles. The summed E-state index contributed by atoms with van der Waals surface area (Å²) in [6, 6.07) is 6.04. The Balaban J connectivity index is 1.22. The fourth-order valence-corrected chi connectivity index (χ4v) is 4.34. The van der Waals surface area contributed by atoms with Crippen LogP contribution in [0, 0.1) is 5.82 Å². The van der Waals surface area contributed by atoms with Gasteiger partial charge in [0.05, 0.1) is 24.9 Å². The molecule has 0 unspecified atom stereocenters. The monoisotopic (exact) mass is 496 g/mol.